The Morgan fingerprint density at radius 3 is 2.72 bits per heavy atom. The van der Waals surface area contributed by atoms with Crippen molar-refractivity contribution in [3.05, 3.63) is 11.4 Å². The quantitative estimate of drug-likeness (QED) is 0.799. The molecule has 0 aromatic carbocycles. The molecule has 0 radical (unpaired) electrons. The third kappa shape index (κ3) is 3.36. The summed E-state index contributed by atoms with van der Waals surface area (Å²) in [6, 6.07) is 0.0157. The molecule has 1 fully saturated rings. The van der Waals surface area contributed by atoms with E-state index in [2.05, 4.69) is 25.2 Å². The lowest BCUT2D eigenvalue weighted by Crippen LogP contribution is -2.33. The van der Waals surface area contributed by atoms with E-state index in [-0.39, 0.29) is 17.7 Å². The first-order chi connectivity index (χ1) is 8.46. The summed E-state index contributed by atoms with van der Waals surface area (Å²) >= 11 is 0. The molecule has 18 heavy (non-hydrogen) atoms. The second kappa shape index (κ2) is 5.15. The van der Waals surface area contributed by atoms with E-state index < -0.39 is 10.0 Å². The van der Waals surface area contributed by atoms with Gasteiger partial charge in [0.15, 0.2) is 0 Å². The summed E-state index contributed by atoms with van der Waals surface area (Å²) in [6.07, 6.45) is 1.90. The zero-order valence-electron chi connectivity index (χ0n) is 10.5. The minimum Gasteiger partial charge on any atom is -0.313 e. The number of rotatable bonds is 4. The van der Waals surface area contributed by atoms with Gasteiger partial charge < -0.3 is 5.32 Å². The summed E-state index contributed by atoms with van der Waals surface area (Å²) in [6.45, 7) is 4.41. The van der Waals surface area contributed by atoms with E-state index in [0.29, 0.717) is 11.4 Å². The zero-order chi connectivity index (χ0) is 13.2. The monoisotopic (exact) mass is 271 g/mol. The van der Waals surface area contributed by atoms with Crippen LogP contribution >= 0.6 is 0 Å². The van der Waals surface area contributed by atoms with Crippen molar-refractivity contribution >= 4 is 16.0 Å². The molecule has 1 aromatic rings. The molecule has 0 aliphatic carbocycles. The Balaban J connectivity index is 2.04. The van der Waals surface area contributed by atoms with Crippen LogP contribution in [-0.4, -0.2) is 41.9 Å². The molecule has 1 unspecified atom stereocenters. The van der Waals surface area contributed by atoms with Crippen LogP contribution in [0.3, 0.4) is 0 Å². The molecule has 100 valence electrons. The molecule has 1 atom stereocenters. The highest BCUT2D eigenvalue weighted by Crippen LogP contribution is 2.10. The van der Waals surface area contributed by atoms with E-state index in [1.165, 1.54) is 0 Å². The Bertz CT molecular complexity index is 525. The molecular formula is C10H17N5O2S. The van der Waals surface area contributed by atoms with E-state index in [1.54, 1.807) is 13.8 Å². The van der Waals surface area contributed by atoms with Crippen molar-refractivity contribution < 1.29 is 8.42 Å². The maximum absolute atomic E-state index is 11.9. The lowest BCUT2D eigenvalue weighted by Gasteiger charge is -2.11. The molecule has 1 aliphatic rings. The molecule has 1 saturated heterocycles. The molecule has 0 spiro atoms. The number of hydrogen-bond acceptors (Lipinski definition) is 6. The summed E-state index contributed by atoms with van der Waals surface area (Å²) < 4.78 is 26.1. The van der Waals surface area contributed by atoms with E-state index >= 15 is 0 Å². The number of anilines is 1. The third-order valence-corrected chi connectivity index (χ3v) is 4.26. The average Bonchev–Trinajstić information content (AvgIpc) is 2.75. The van der Waals surface area contributed by atoms with Crippen LogP contribution in [0.4, 0.5) is 5.95 Å². The lowest BCUT2D eigenvalue weighted by atomic mass is 10.3. The number of nitrogens with one attached hydrogen (secondary N) is 2. The molecule has 0 bridgehead atoms. The fourth-order valence-electron chi connectivity index (χ4n) is 1.84. The van der Waals surface area contributed by atoms with Crippen LogP contribution in [0, 0.1) is 13.8 Å². The van der Waals surface area contributed by atoms with Gasteiger partial charge in [0.1, 0.15) is 0 Å². The minimum atomic E-state index is -3.43. The Labute approximate surface area is 106 Å². The molecule has 1 aliphatic heterocycles. The van der Waals surface area contributed by atoms with Gasteiger partial charge in [-0.15, -0.1) is 5.10 Å². The Morgan fingerprint density at radius 1 is 1.33 bits per heavy atom. The van der Waals surface area contributed by atoms with E-state index in [9.17, 15) is 8.42 Å². The predicted octanol–water partition coefficient (Wildman–Crippen LogP) is -0.0179. The van der Waals surface area contributed by atoms with Crippen molar-refractivity contribution in [1.82, 2.24) is 20.5 Å². The van der Waals surface area contributed by atoms with E-state index in [4.69, 9.17) is 0 Å². The van der Waals surface area contributed by atoms with Crippen LogP contribution in [-0.2, 0) is 10.0 Å². The Hall–Kier alpha value is -1.28. The fraction of sp³-hybridized carbons (Fsp3) is 0.700. The number of aromatic nitrogens is 3. The number of aryl methyl sites for hydroxylation is 2. The molecule has 2 heterocycles. The van der Waals surface area contributed by atoms with Gasteiger partial charge in [-0.2, -0.15) is 5.10 Å². The first-order valence-corrected chi connectivity index (χ1v) is 7.53. The molecule has 1 aromatic heterocycles. The summed E-state index contributed by atoms with van der Waals surface area (Å²) in [5.74, 6) is 0.0830. The molecular weight excluding hydrogens is 254 g/mol. The fourth-order valence-corrected chi connectivity index (χ4v) is 3.11. The molecule has 2 N–H and O–H groups in total. The predicted molar refractivity (Wildman–Crippen MR) is 67.7 cm³/mol. The van der Waals surface area contributed by atoms with Crippen molar-refractivity contribution in [3.8, 4) is 0 Å². The van der Waals surface area contributed by atoms with Gasteiger partial charge in [0.25, 0.3) is 5.95 Å². The summed E-state index contributed by atoms with van der Waals surface area (Å²) in [5, 5.41) is 10.7. The molecule has 7 nitrogen and oxygen atoms in total. The largest absolute Gasteiger partial charge is 0.313 e. The van der Waals surface area contributed by atoms with Gasteiger partial charge in [-0.1, -0.05) is 0 Å². The van der Waals surface area contributed by atoms with E-state index in [1.807, 2.05) is 0 Å². The Morgan fingerprint density at radius 2 is 2.11 bits per heavy atom. The van der Waals surface area contributed by atoms with Crippen molar-refractivity contribution in [1.29, 1.82) is 0 Å². The van der Waals surface area contributed by atoms with Crippen LogP contribution in [0.1, 0.15) is 24.2 Å². The summed E-state index contributed by atoms with van der Waals surface area (Å²) in [4.78, 5) is 4.05. The van der Waals surface area contributed by atoms with Gasteiger partial charge in [-0.05, 0) is 33.2 Å². The molecule has 0 amide bonds. The highest BCUT2D eigenvalue weighted by Gasteiger charge is 2.22. The average molecular weight is 271 g/mol. The number of nitrogens with zero attached hydrogens (tertiary/aromatic N) is 3. The second-order valence-electron chi connectivity index (χ2n) is 4.48. The van der Waals surface area contributed by atoms with Crippen molar-refractivity contribution in [2.24, 2.45) is 0 Å². The maximum Gasteiger partial charge on any atom is 0.256 e. The van der Waals surface area contributed by atoms with E-state index in [0.717, 1.165) is 19.4 Å². The van der Waals surface area contributed by atoms with Crippen LogP contribution in [0.5, 0.6) is 0 Å². The Kier molecular flexibility index (Phi) is 3.76. The lowest BCUT2D eigenvalue weighted by molar-refractivity contribution is 0.581. The van der Waals surface area contributed by atoms with Crippen LogP contribution < -0.4 is 10.0 Å². The van der Waals surface area contributed by atoms with Crippen LogP contribution in [0.2, 0.25) is 0 Å². The SMILES string of the molecule is Cc1nnc(NS(=O)(=O)CC2CCCN2)nc1C. The molecule has 2 rings (SSSR count). The highest BCUT2D eigenvalue weighted by molar-refractivity contribution is 7.92. The first-order valence-electron chi connectivity index (χ1n) is 5.88. The van der Waals surface area contributed by atoms with Gasteiger partial charge in [-0.25, -0.2) is 18.1 Å². The third-order valence-electron chi connectivity index (χ3n) is 2.92. The first kappa shape index (κ1) is 13.2. The standard InChI is InChI=1S/C10H17N5O2S/c1-7-8(2)13-14-10(12-7)15-18(16,17)6-9-4-3-5-11-9/h9,11H,3-6H2,1-2H3,(H,12,14,15). The van der Waals surface area contributed by atoms with Gasteiger partial charge >= 0.3 is 0 Å². The van der Waals surface area contributed by atoms with Gasteiger partial charge in [-0.3, -0.25) is 0 Å². The normalized spacial score (nSPS) is 20.0. The van der Waals surface area contributed by atoms with Crippen molar-refractivity contribution in [3.63, 3.8) is 0 Å². The maximum atomic E-state index is 11.9. The minimum absolute atomic E-state index is 0.0157. The van der Waals surface area contributed by atoms with Gasteiger partial charge in [0.05, 0.1) is 17.1 Å². The smallest absolute Gasteiger partial charge is 0.256 e. The summed E-state index contributed by atoms with van der Waals surface area (Å²) in [7, 11) is -3.43. The second-order valence-corrected chi connectivity index (χ2v) is 6.25. The zero-order valence-corrected chi connectivity index (χ0v) is 11.3. The number of sulfonamides is 1. The van der Waals surface area contributed by atoms with Crippen LogP contribution in [0.15, 0.2) is 0 Å². The molecule has 0 saturated carbocycles. The van der Waals surface area contributed by atoms with Crippen LogP contribution in [0.25, 0.3) is 0 Å². The van der Waals surface area contributed by atoms with Crippen molar-refractivity contribution in [2.75, 3.05) is 17.0 Å². The number of hydrogen-bond donors (Lipinski definition) is 2. The van der Waals surface area contributed by atoms with Gasteiger partial charge in [0, 0.05) is 6.04 Å². The summed E-state index contributed by atoms with van der Waals surface area (Å²) in [5.41, 5.74) is 1.36. The topological polar surface area (TPSA) is 96.9 Å². The molecule has 8 heteroatoms. The highest BCUT2D eigenvalue weighted by atomic mass is 32.2. The van der Waals surface area contributed by atoms with Gasteiger partial charge in [0.2, 0.25) is 10.0 Å². The van der Waals surface area contributed by atoms with Crippen molar-refractivity contribution in [2.45, 2.75) is 32.7 Å².